The first kappa shape index (κ1) is 13.3. The summed E-state index contributed by atoms with van der Waals surface area (Å²) < 4.78 is 0. The van der Waals surface area contributed by atoms with Gasteiger partial charge in [0, 0.05) is 18.5 Å². The van der Waals surface area contributed by atoms with E-state index < -0.39 is 5.97 Å². The van der Waals surface area contributed by atoms with Crippen molar-refractivity contribution in [3.63, 3.8) is 0 Å². The molecule has 5 heteroatoms. The zero-order valence-electron chi connectivity index (χ0n) is 10.7. The Morgan fingerprint density at radius 1 is 1.22 bits per heavy atom. The van der Waals surface area contributed by atoms with Crippen LogP contribution in [0, 0.1) is 5.92 Å². The molecule has 2 rings (SSSR count). The quantitative estimate of drug-likeness (QED) is 0.692. The van der Waals surface area contributed by atoms with Gasteiger partial charge < -0.3 is 15.7 Å². The van der Waals surface area contributed by atoms with Gasteiger partial charge in [-0.05, 0) is 38.6 Å². The smallest absolute Gasteiger partial charge is 0.308 e. The Morgan fingerprint density at radius 3 is 2.61 bits per heavy atom. The Kier molecular flexibility index (Phi) is 4.22. The molecule has 102 valence electrons. The first-order valence-electron chi connectivity index (χ1n) is 6.89. The molecule has 2 bridgehead atoms. The third kappa shape index (κ3) is 2.51. The third-order valence-electron chi connectivity index (χ3n) is 4.24. The van der Waals surface area contributed by atoms with E-state index in [1.807, 2.05) is 4.90 Å². The molecule has 0 aromatic carbocycles. The van der Waals surface area contributed by atoms with Gasteiger partial charge in [-0.15, -0.1) is 0 Å². The maximum absolute atomic E-state index is 12.1. The van der Waals surface area contributed by atoms with Crippen LogP contribution in [0.2, 0.25) is 0 Å². The second kappa shape index (κ2) is 5.69. The van der Waals surface area contributed by atoms with Crippen molar-refractivity contribution < 1.29 is 14.7 Å². The highest BCUT2D eigenvalue weighted by Crippen LogP contribution is 2.42. The number of fused-ring (bicyclic) bond motifs is 2. The number of hydrogen-bond acceptors (Lipinski definition) is 3. The number of aliphatic carboxylic acids is 1. The van der Waals surface area contributed by atoms with Crippen LogP contribution in [0.25, 0.3) is 0 Å². The van der Waals surface area contributed by atoms with E-state index in [2.05, 4.69) is 0 Å². The minimum absolute atomic E-state index is 0.0468. The molecule has 18 heavy (non-hydrogen) atoms. The van der Waals surface area contributed by atoms with E-state index in [4.69, 9.17) is 10.8 Å². The van der Waals surface area contributed by atoms with Gasteiger partial charge in [0.05, 0.1) is 5.92 Å². The van der Waals surface area contributed by atoms with Crippen LogP contribution in [0.1, 0.15) is 44.9 Å². The molecule has 0 aromatic heterocycles. The van der Waals surface area contributed by atoms with Gasteiger partial charge in [0.1, 0.15) is 0 Å². The van der Waals surface area contributed by atoms with E-state index in [0.717, 1.165) is 32.1 Å². The van der Waals surface area contributed by atoms with E-state index in [1.165, 1.54) is 0 Å². The van der Waals surface area contributed by atoms with Crippen molar-refractivity contribution in [2.75, 3.05) is 6.54 Å². The average molecular weight is 254 g/mol. The first-order valence-corrected chi connectivity index (χ1v) is 6.89. The summed E-state index contributed by atoms with van der Waals surface area (Å²) in [6, 6.07) is 0.132. The number of amides is 1. The van der Waals surface area contributed by atoms with Crippen LogP contribution in [0.4, 0.5) is 0 Å². The second-order valence-electron chi connectivity index (χ2n) is 5.38. The molecule has 0 radical (unpaired) electrons. The Balaban J connectivity index is 1.86. The molecule has 0 aromatic rings. The summed E-state index contributed by atoms with van der Waals surface area (Å²) in [6.07, 6.45) is 5.82. The summed E-state index contributed by atoms with van der Waals surface area (Å²) in [5, 5.41) is 9.13. The van der Waals surface area contributed by atoms with E-state index in [9.17, 15) is 9.59 Å². The predicted octanol–water partition coefficient (Wildman–Crippen LogP) is 0.970. The molecule has 3 atom stereocenters. The lowest BCUT2D eigenvalue weighted by Gasteiger charge is -2.23. The van der Waals surface area contributed by atoms with Crippen LogP contribution < -0.4 is 5.73 Å². The summed E-state index contributed by atoms with van der Waals surface area (Å²) in [6.45, 7) is 0.671. The van der Waals surface area contributed by atoms with Crippen molar-refractivity contribution in [2.45, 2.75) is 57.0 Å². The van der Waals surface area contributed by atoms with Crippen molar-refractivity contribution in [1.29, 1.82) is 0 Å². The molecule has 0 saturated carbocycles. The summed E-state index contributed by atoms with van der Waals surface area (Å²) >= 11 is 0. The molecule has 2 heterocycles. The van der Waals surface area contributed by atoms with E-state index in [-0.39, 0.29) is 23.9 Å². The maximum Gasteiger partial charge on any atom is 0.308 e. The number of carbonyl (C=O) groups is 2. The number of hydrogen-bond donors (Lipinski definition) is 2. The van der Waals surface area contributed by atoms with Gasteiger partial charge in [0.2, 0.25) is 5.91 Å². The Labute approximate surface area is 107 Å². The van der Waals surface area contributed by atoms with E-state index in [1.54, 1.807) is 0 Å². The molecule has 2 fully saturated rings. The van der Waals surface area contributed by atoms with Gasteiger partial charge in [-0.3, -0.25) is 9.59 Å². The zero-order chi connectivity index (χ0) is 13.1. The normalized spacial score (nSPS) is 29.8. The van der Waals surface area contributed by atoms with Crippen LogP contribution in [-0.4, -0.2) is 40.5 Å². The largest absolute Gasteiger partial charge is 0.481 e. The Bertz CT molecular complexity index is 332. The number of unbranched alkanes of at least 4 members (excludes halogenated alkanes) is 2. The van der Waals surface area contributed by atoms with Crippen LogP contribution in [0.5, 0.6) is 0 Å². The highest BCUT2D eigenvalue weighted by molar-refractivity contribution is 5.80. The maximum atomic E-state index is 12.1. The lowest BCUT2D eigenvalue weighted by molar-refractivity contribution is -0.143. The van der Waals surface area contributed by atoms with E-state index >= 15 is 0 Å². The first-order chi connectivity index (χ1) is 8.65. The summed E-state index contributed by atoms with van der Waals surface area (Å²) in [7, 11) is 0. The van der Waals surface area contributed by atoms with Gasteiger partial charge in [-0.2, -0.15) is 0 Å². The molecule has 3 N–H and O–H groups in total. The minimum atomic E-state index is -0.747. The molecule has 1 amide bonds. The second-order valence-corrected chi connectivity index (χ2v) is 5.38. The Hall–Kier alpha value is -1.10. The van der Waals surface area contributed by atoms with Crippen molar-refractivity contribution in [2.24, 2.45) is 11.7 Å². The monoisotopic (exact) mass is 254 g/mol. The van der Waals surface area contributed by atoms with E-state index in [0.29, 0.717) is 19.4 Å². The number of carboxylic acid groups (broad SMARTS) is 1. The molecular weight excluding hydrogens is 232 g/mol. The minimum Gasteiger partial charge on any atom is -0.481 e. The third-order valence-corrected chi connectivity index (χ3v) is 4.24. The van der Waals surface area contributed by atoms with Gasteiger partial charge in [-0.1, -0.05) is 6.42 Å². The van der Waals surface area contributed by atoms with Crippen LogP contribution in [0.3, 0.4) is 0 Å². The number of rotatable bonds is 6. The highest BCUT2D eigenvalue weighted by Gasteiger charge is 2.50. The summed E-state index contributed by atoms with van der Waals surface area (Å²) in [5.41, 5.74) is 5.41. The van der Waals surface area contributed by atoms with Crippen molar-refractivity contribution in [3.05, 3.63) is 0 Å². The number of carbonyl (C=O) groups excluding carboxylic acids is 1. The summed E-state index contributed by atoms with van der Waals surface area (Å²) in [5.74, 6) is -0.942. The van der Waals surface area contributed by atoms with Gasteiger partial charge in [0.25, 0.3) is 0 Å². The topological polar surface area (TPSA) is 83.6 Å². The van der Waals surface area contributed by atoms with Crippen LogP contribution in [0.15, 0.2) is 0 Å². The molecular formula is C13H22N2O3. The Morgan fingerprint density at radius 2 is 2.00 bits per heavy atom. The fraction of sp³-hybridized carbons (Fsp3) is 0.846. The van der Waals surface area contributed by atoms with Crippen LogP contribution >= 0.6 is 0 Å². The molecule has 0 aliphatic carbocycles. The van der Waals surface area contributed by atoms with Gasteiger partial charge in [0.15, 0.2) is 0 Å². The highest BCUT2D eigenvalue weighted by atomic mass is 16.4. The molecule has 5 nitrogen and oxygen atoms in total. The molecule has 2 aliphatic rings. The average Bonchev–Trinajstić information content (AvgIpc) is 2.91. The molecule has 2 aliphatic heterocycles. The molecule has 3 unspecified atom stereocenters. The molecule has 2 saturated heterocycles. The summed E-state index contributed by atoms with van der Waals surface area (Å²) in [4.78, 5) is 25.1. The number of nitrogens with zero attached hydrogens (tertiary/aromatic N) is 1. The fourth-order valence-electron chi connectivity index (χ4n) is 3.37. The van der Waals surface area contributed by atoms with Crippen molar-refractivity contribution >= 4 is 11.9 Å². The predicted molar refractivity (Wildman–Crippen MR) is 66.9 cm³/mol. The lowest BCUT2D eigenvalue weighted by atomic mass is 9.89. The molecule has 0 spiro atoms. The SMILES string of the molecule is NCCCCCC(=O)N1C2CCC1C(C(=O)O)C2. The van der Waals surface area contributed by atoms with Crippen molar-refractivity contribution in [1.82, 2.24) is 4.90 Å². The lowest BCUT2D eigenvalue weighted by Crippen LogP contribution is -2.37. The fourth-order valence-corrected chi connectivity index (χ4v) is 3.37. The van der Waals surface area contributed by atoms with Crippen molar-refractivity contribution in [3.8, 4) is 0 Å². The standard InChI is InChI=1S/C13H22N2O3/c14-7-3-1-2-4-12(16)15-9-5-6-11(15)10(8-9)13(17)18/h9-11H,1-8,14H2,(H,17,18). The number of nitrogens with two attached hydrogens (primary N) is 1. The van der Waals surface area contributed by atoms with Gasteiger partial charge in [-0.25, -0.2) is 0 Å². The number of carboxylic acids is 1. The van der Waals surface area contributed by atoms with Gasteiger partial charge >= 0.3 is 5.97 Å². The zero-order valence-corrected chi connectivity index (χ0v) is 10.7. The van der Waals surface area contributed by atoms with Crippen LogP contribution in [-0.2, 0) is 9.59 Å².